The van der Waals surface area contributed by atoms with Gasteiger partial charge in [-0.3, -0.25) is 14.4 Å². The van der Waals surface area contributed by atoms with Crippen molar-refractivity contribution in [2.75, 3.05) is 35.6 Å². The van der Waals surface area contributed by atoms with Crippen LogP contribution in [0.15, 0.2) is 65.2 Å². The van der Waals surface area contributed by atoms with Gasteiger partial charge in [0.1, 0.15) is 5.82 Å². The number of aryl methyl sites for hydroxylation is 1. The van der Waals surface area contributed by atoms with Crippen molar-refractivity contribution in [2.45, 2.75) is 45.3 Å². The molecule has 0 spiro atoms. The van der Waals surface area contributed by atoms with E-state index in [4.69, 9.17) is 20.9 Å². The zero-order valence-corrected chi connectivity index (χ0v) is 30.3. The normalized spacial score (nSPS) is 13.5. The van der Waals surface area contributed by atoms with E-state index in [1.54, 1.807) is 51.1 Å². The lowest BCUT2D eigenvalue weighted by Crippen LogP contribution is -2.45. The fourth-order valence-electron chi connectivity index (χ4n) is 5.38. The molecular weight excluding hydrogens is 750 g/mol. The van der Waals surface area contributed by atoms with Crippen molar-refractivity contribution in [1.29, 1.82) is 0 Å². The lowest BCUT2D eigenvalue weighted by atomic mass is 9.93. The van der Waals surface area contributed by atoms with Gasteiger partial charge in [-0.25, -0.2) is 4.39 Å². The average Bonchev–Trinajstić information content (AvgIpc) is 3.82. The number of hydrogen-bond acceptors (Lipinski definition) is 11. The number of nitrogens with zero attached hydrogens (tertiary/aromatic N) is 4. The fraction of sp³-hybridized carbons (Fsp3) is 0.306. The van der Waals surface area contributed by atoms with E-state index in [1.165, 1.54) is 12.1 Å². The van der Waals surface area contributed by atoms with Crippen LogP contribution in [-0.4, -0.2) is 63.7 Å². The summed E-state index contributed by atoms with van der Waals surface area (Å²) in [6.45, 7) is 3.53. The number of alkyl halides is 3. The minimum atomic E-state index is -4.66. The second-order valence-corrected chi connectivity index (χ2v) is 14.1. The van der Waals surface area contributed by atoms with Crippen LogP contribution in [0.5, 0.6) is 6.01 Å². The minimum absolute atomic E-state index is 0.00451. The van der Waals surface area contributed by atoms with Gasteiger partial charge in [-0.1, -0.05) is 42.7 Å². The molecule has 0 aliphatic heterocycles. The van der Waals surface area contributed by atoms with Crippen LogP contribution in [0.2, 0.25) is 5.02 Å². The molecule has 0 bridgehead atoms. The molecule has 3 amide bonds. The van der Waals surface area contributed by atoms with Crippen molar-refractivity contribution >= 4 is 63.6 Å². The molecule has 19 heteroatoms. The van der Waals surface area contributed by atoms with Gasteiger partial charge in [-0.2, -0.15) is 28.1 Å². The van der Waals surface area contributed by atoms with Crippen LogP contribution in [0.1, 0.15) is 48.3 Å². The van der Waals surface area contributed by atoms with Crippen LogP contribution in [-0.2, 0) is 15.1 Å². The third-order valence-electron chi connectivity index (χ3n) is 8.52. The van der Waals surface area contributed by atoms with Crippen LogP contribution in [0.3, 0.4) is 0 Å². The highest BCUT2D eigenvalue weighted by atomic mass is 35.5. The quantitative estimate of drug-likeness (QED) is 0.0657. The summed E-state index contributed by atoms with van der Waals surface area (Å²) in [5.41, 5.74) is 0.817. The number of carbonyl (C=O) groups excluding carboxylic acids is 3. The van der Waals surface area contributed by atoms with Gasteiger partial charge in [-0.05, 0) is 79.3 Å². The predicted molar refractivity (Wildman–Crippen MR) is 194 cm³/mol. The summed E-state index contributed by atoms with van der Waals surface area (Å²) in [6, 6.07) is 14.8. The second-order valence-electron chi connectivity index (χ2n) is 13.7. The molecule has 3 aromatic carbocycles. The largest absolute Gasteiger partial charge is 0.454 e. The number of ether oxygens (including phenoxy) is 1. The highest BCUT2D eigenvalue weighted by Gasteiger charge is 2.45. The summed E-state index contributed by atoms with van der Waals surface area (Å²) >= 11 is 6.02. The Morgan fingerprint density at radius 1 is 0.891 bits per heavy atom. The molecule has 0 unspecified atom stereocenters. The number of rotatable bonds is 13. The van der Waals surface area contributed by atoms with Crippen LogP contribution >= 0.6 is 11.6 Å². The van der Waals surface area contributed by atoms with Crippen molar-refractivity contribution in [3.8, 4) is 6.01 Å². The molecule has 5 N–H and O–H groups in total. The number of carbonyl (C=O) groups is 3. The minimum Gasteiger partial charge on any atom is -0.454 e. The number of nitrogens with one attached hydrogen (secondary N) is 5. The zero-order valence-electron chi connectivity index (χ0n) is 29.5. The topological polar surface area (TPSA) is 185 Å². The van der Waals surface area contributed by atoms with Crippen LogP contribution in [0, 0.1) is 18.2 Å². The monoisotopic (exact) mass is 783 g/mol. The molecule has 14 nitrogen and oxygen atoms in total. The first-order valence-electron chi connectivity index (χ1n) is 16.8. The Hall–Kier alpha value is -6.04. The number of fused-ring (bicyclic) bond motifs is 1. The molecule has 0 radical (unpaired) electrons. The van der Waals surface area contributed by atoms with E-state index in [-0.39, 0.29) is 36.2 Å². The van der Waals surface area contributed by atoms with E-state index in [0.29, 0.717) is 40.2 Å². The molecule has 1 fully saturated rings. The van der Waals surface area contributed by atoms with Gasteiger partial charge >= 0.3 is 24.0 Å². The SMILES string of the molecule is Cc1noc2ccc(NC(=O)C(=O)NCC(C)(C)CNC(=O)c3ccc(Nc4nc(NC5(c6ccc(Cl)cc6)CC5)nc(OCC(F)(F)F)n4)cc3F)cc12. The van der Waals surface area contributed by atoms with Crippen molar-refractivity contribution in [2.24, 2.45) is 5.41 Å². The van der Waals surface area contributed by atoms with Gasteiger partial charge in [0.2, 0.25) is 11.9 Å². The van der Waals surface area contributed by atoms with E-state index in [1.807, 2.05) is 12.1 Å². The van der Waals surface area contributed by atoms with Gasteiger partial charge in [0.25, 0.3) is 5.91 Å². The Kier molecular flexibility index (Phi) is 10.8. The summed E-state index contributed by atoms with van der Waals surface area (Å²) < 4.78 is 64.0. The molecule has 1 aliphatic carbocycles. The molecule has 2 heterocycles. The molecular formula is C36H34ClF4N9O5. The number of hydrogen-bond donors (Lipinski definition) is 5. The van der Waals surface area contributed by atoms with Gasteiger partial charge in [0.05, 0.1) is 16.8 Å². The first kappa shape index (κ1) is 38.7. The second kappa shape index (κ2) is 15.4. The van der Waals surface area contributed by atoms with Crippen LogP contribution in [0.4, 0.5) is 40.8 Å². The fourth-order valence-corrected chi connectivity index (χ4v) is 5.51. The van der Waals surface area contributed by atoms with Crippen LogP contribution < -0.4 is 31.3 Å². The summed E-state index contributed by atoms with van der Waals surface area (Å²) in [7, 11) is 0. The van der Waals surface area contributed by atoms with E-state index in [2.05, 4.69) is 46.7 Å². The van der Waals surface area contributed by atoms with E-state index < -0.39 is 53.3 Å². The highest BCUT2D eigenvalue weighted by Crippen LogP contribution is 2.48. The maximum Gasteiger partial charge on any atom is 0.422 e. The average molecular weight is 784 g/mol. The van der Waals surface area contributed by atoms with Gasteiger partial charge in [-0.15, -0.1) is 0 Å². The Morgan fingerprint density at radius 2 is 1.58 bits per heavy atom. The van der Waals surface area contributed by atoms with E-state index in [9.17, 15) is 27.6 Å². The first-order chi connectivity index (χ1) is 26.0. The Balaban J connectivity index is 1.05. The standard InChI is InChI=1S/C36H34ClF4N9O5/c1-19-25-14-22(9-11-27(25)55-50-19)44-30(53)29(52)43-17-34(2,3)16-42-28(51)24-10-8-23(15-26(24)38)45-31-46-32(48-33(47-31)54-18-36(39,40)41)49-35(12-13-35)20-4-6-21(37)7-5-20/h4-11,14-15H,12-13,16-18H2,1-3H3,(H,42,51)(H,43,52)(H,44,53)(H2,45,46,47,48,49). The lowest BCUT2D eigenvalue weighted by Gasteiger charge is -2.25. The van der Waals surface area contributed by atoms with Crippen molar-refractivity contribution < 1.29 is 41.2 Å². The van der Waals surface area contributed by atoms with Crippen molar-refractivity contribution in [1.82, 2.24) is 30.7 Å². The maximum atomic E-state index is 15.3. The number of amides is 3. The maximum absolute atomic E-state index is 15.3. The first-order valence-corrected chi connectivity index (χ1v) is 17.2. The molecule has 1 saturated carbocycles. The summed E-state index contributed by atoms with van der Waals surface area (Å²) in [5, 5.41) is 18.6. The van der Waals surface area contributed by atoms with Gasteiger partial charge in [0, 0.05) is 34.9 Å². The molecule has 6 rings (SSSR count). The summed E-state index contributed by atoms with van der Waals surface area (Å²) in [4.78, 5) is 50.1. The number of halogens is 5. The Morgan fingerprint density at radius 3 is 2.27 bits per heavy atom. The number of anilines is 4. The molecule has 2 aromatic heterocycles. The molecule has 0 saturated heterocycles. The van der Waals surface area contributed by atoms with E-state index in [0.717, 1.165) is 11.6 Å². The molecule has 1 aliphatic rings. The smallest absolute Gasteiger partial charge is 0.422 e. The summed E-state index contributed by atoms with van der Waals surface area (Å²) in [5.74, 6) is -3.81. The molecule has 288 valence electrons. The predicted octanol–water partition coefficient (Wildman–Crippen LogP) is 6.41. The van der Waals surface area contributed by atoms with Crippen molar-refractivity contribution in [3.63, 3.8) is 0 Å². The molecule has 55 heavy (non-hydrogen) atoms. The van der Waals surface area contributed by atoms with Gasteiger partial charge < -0.3 is 35.8 Å². The van der Waals surface area contributed by atoms with Crippen molar-refractivity contribution in [3.05, 3.63) is 88.3 Å². The zero-order chi connectivity index (χ0) is 39.5. The summed E-state index contributed by atoms with van der Waals surface area (Å²) in [6.07, 6.45) is -3.30. The molecule has 0 atom stereocenters. The Labute approximate surface area is 315 Å². The number of benzene rings is 3. The van der Waals surface area contributed by atoms with Crippen LogP contribution in [0.25, 0.3) is 11.0 Å². The third kappa shape index (κ3) is 9.94. The Bertz CT molecular complexity index is 2250. The van der Waals surface area contributed by atoms with E-state index >= 15 is 4.39 Å². The van der Waals surface area contributed by atoms with Gasteiger partial charge in [0.15, 0.2) is 12.2 Å². The lowest BCUT2D eigenvalue weighted by molar-refractivity contribution is -0.154. The third-order valence-corrected chi connectivity index (χ3v) is 8.77. The highest BCUT2D eigenvalue weighted by molar-refractivity contribution is 6.39. The molecule has 5 aromatic rings. The number of aromatic nitrogens is 4.